The molecule has 4 aliphatic rings. The number of nitrogens with two attached hydrogens (primary N) is 2. The molecule has 4 rings (SSSR count). The summed E-state index contributed by atoms with van der Waals surface area (Å²) in [6.07, 6.45) is 9.80. The number of aliphatic hydroxyl groups excluding tert-OH is 2. The summed E-state index contributed by atoms with van der Waals surface area (Å²) in [7, 11) is 0. The van der Waals surface area contributed by atoms with Crippen molar-refractivity contribution in [3.05, 3.63) is 0 Å². The third-order valence-corrected chi connectivity index (χ3v) is 11.8. The smallest absolute Gasteiger partial charge is 0.220 e. The maximum atomic E-state index is 12.6. The molecule has 0 bridgehead atoms. The van der Waals surface area contributed by atoms with Crippen LogP contribution in [0.15, 0.2) is 0 Å². The molecule has 0 saturated heterocycles. The topological polar surface area (TPSA) is 125 Å². The van der Waals surface area contributed by atoms with Gasteiger partial charge in [0.25, 0.3) is 0 Å². The summed E-state index contributed by atoms with van der Waals surface area (Å²) in [4.78, 5) is 14.8. The van der Waals surface area contributed by atoms with Gasteiger partial charge in [-0.05, 0) is 104 Å². The third kappa shape index (κ3) is 5.91. The van der Waals surface area contributed by atoms with Crippen LogP contribution in [-0.4, -0.2) is 72.5 Å². The highest BCUT2D eigenvalue weighted by Crippen LogP contribution is 2.68. The molecule has 1 amide bonds. The second-order valence-electron chi connectivity index (χ2n) is 13.8. The average Bonchev–Trinajstić information content (AvgIpc) is 3.19. The van der Waals surface area contributed by atoms with Crippen LogP contribution >= 0.6 is 0 Å². The molecule has 0 heterocycles. The Balaban J connectivity index is 1.32. The molecule has 7 nitrogen and oxygen atoms in total. The van der Waals surface area contributed by atoms with Crippen molar-refractivity contribution < 1.29 is 15.0 Å². The molecule has 7 N–H and O–H groups in total. The van der Waals surface area contributed by atoms with Crippen molar-refractivity contribution in [3.8, 4) is 0 Å². The Morgan fingerprint density at radius 2 is 1.76 bits per heavy atom. The summed E-state index contributed by atoms with van der Waals surface area (Å²) in [6, 6.07) is 0. The molecule has 0 radical (unpaired) electrons. The molecule has 4 saturated carbocycles. The molecule has 4 aliphatic carbocycles. The van der Waals surface area contributed by atoms with Crippen molar-refractivity contribution in [1.29, 1.82) is 0 Å². The van der Waals surface area contributed by atoms with E-state index in [9.17, 15) is 15.0 Å². The molecule has 10 atom stereocenters. The first kappa shape index (κ1) is 29.3. The van der Waals surface area contributed by atoms with Crippen molar-refractivity contribution in [2.75, 3.05) is 39.3 Å². The molecule has 4 fully saturated rings. The van der Waals surface area contributed by atoms with Gasteiger partial charge in [0.05, 0.1) is 12.2 Å². The summed E-state index contributed by atoms with van der Waals surface area (Å²) in [5, 5.41) is 25.1. The van der Waals surface area contributed by atoms with Gasteiger partial charge in [-0.3, -0.25) is 9.69 Å². The monoisotopic (exact) mass is 520 g/mol. The Bertz CT molecular complexity index is 761. The number of rotatable bonds is 11. The van der Waals surface area contributed by atoms with Crippen molar-refractivity contribution in [3.63, 3.8) is 0 Å². The number of hydrogen-bond acceptors (Lipinski definition) is 6. The summed E-state index contributed by atoms with van der Waals surface area (Å²) in [5.41, 5.74) is 11.7. The summed E-state index contributed by atoms with van der Waals surface area (Å²) in [6.45, 7) is 11.5. The van der Waals surface area contributed by atoms with E-state index in [0.29, 0.717) is 61.6 Å². The van der Waals surface area contributed by atoms with Gasteiger partial charge in [0.2, 0.25) is 5.91 Å². The van der Waals surface area contributed by atoms with Crippen LogP contribution in [0.1, 0.15) is 85.0 Å². The average molecular weight is 521 g/mol. The lowest BCUT2D eigenvalue weighted by molar-refractivity contribution is -0.179. The van der Waals surface area contributed by atoms with Crippen LogP contribution in [0.25, 0.3) is 0 Å². The first-order valence-corrected chi connectivity index (χ1v) is 15.4. The second kappa shape index (κ2) is 12.2. The maximum Gasteiger partial charge on any atom is 0.220 e. The van der Waals surface area contributed by atoms with Crippen molar-refractivity contribution in [2.45, 2.75) is 97.2 Å². The van der Waals surface area contributed by atoms with Crippen molar-refractivity contribution in [2.24, 2.45) is 57.8 Å². The Kier molecular flexibility index (Phi) is 9.65. The standard InChI is InChI=1S/C30H56N4O3/c1-20(4-9-27(37)33-14-17-34(15-12-31)16-13-32)24-7-8-25-23-6-5-21-18-22(35)10-11-29(21,2)28(23)26(36)19-30(24,25)3/h20-26,28,35-36H,4-19,31-32H2,1-3H3,(H,33,37)/t20-,21-,22-,23+,24-,25+,26-,28-,29+,30-/m1/s1. The number of amides is 1. The predicted molar refractivity (Wildman–Crippen MR) is 149 cm³/mol. The van der Waals surface area contributed by atoms with E-state index >= 15 is 0 Å². The fourth-order valence-corrected chi connectivity index (χ4v) is 10.0. The zero-order chi connectivity index (χ0) is 26.8. The number of nitrogens with one attached hydrogen (secondary N) is 1. The molecular formula is C30H56N4O3. The molecule has 0 aromatic heterocycles. The molecule has 214 valence electrons. The minimum atomic E-state index is -0.240. The van der Waals surface area contributed by atoms with Gasteiger partial charge in [-0.1, -0.05) is 20.8 Å². The van der Waals surface area contributed by atoms with Crippen molar-refractivity contribution >= 4 is 5.91 Å². The predicted octanol–water partition coefficient (Wildman–Crippen LogP) is 2.73. The zero-order valence-electron chi connectivity index (χ0n) is 23.8. The molecule has 0 aromatic carbocycles. The fourth-order valence-electron chi connectivity index (χ4n) is 10.0. The van der Waals surface area contributed by atoms with Crippen LogP contribution in [-0.2, 0) is 4.79 Å². The first-order chi connectivity index (χ1) is 17.6. The van der Waals surface area contributed by atoms with Gasteiger partial charge in [-0.25, -0.2) is 0 Å². The van der Waals surface area contributed by atoms with Crippen LogP contribution in [0.3, 0.4) is 0 Å². The molecule has 0 unspecified atom stereocenters. The second-order valence-corrected chi connectivity index (χ2v) is 13.8. The third-order valence-electron chi connectivity index (χ3n) is 11.8. The fraction of sp³-hybridized carbons (Fsp3) is 0.967. The van der Waals surface area contributed by atoms with Gasteiger partial charge < -0.3 is 27.0 Å². The number of carbonyl (C=O) groups excluding carboxylic acids is 1. The number of aliphatic hydroxyl groups is 2. The van der Waals surface area contributed by atoms with Crippen LogP contribution in [0, 0.1) is 46.3 Å². The summed E-state index contributed by atoms with van der Waals surface area (Å²) >= 11 is 0. The van der Waals surface area contributed by atoms with Gasteiger partial charge >= 0.3 is 0 Å². The lowest BCUT2D eigenvalue weighted by atomic mass is 9.43. The number of nitrogens with zero attached hydrogens (tertiary/aromatic N) is 1. The van der Waals surface area contributed by atoms with Crippen LogP contribution in [0.2, 0.25) is 0 Å². The van der Waals surface area contributed by atoms with E-state index in [1.54, 1.807) is 0 Å². The van der Waals surface area contributed by atoms with Gasteiger partial charge in [0, 0.05) is 45.7 Å². The van der Waals surface area contributed by atoms with Gasteiger partial charge in [-0.15, -0.1) is 0 Å². The first-order valence-electron chi connectivity index (χ1n) is 15.4. The van der Waals surface area contributed by atoms with E-state index in [0.717, 1.165) is 51.7 Å². The van der Waals surface area contributed by atoms with E-state index in [1.165, 1.54) is 25.7 Å². The SMILES string of the molecule is C[C@H](CCC(=O)NCCN(CCN)CCN)[C@H]1CC[C@H]2[C@@H]3CC[C@@H]4C[C@H](O)CC[C@]4(C)[C@H]3[C@H](O)C[C@]12C. The minimum Gasteiger partial charge on any atom is -0.393 e. The lowest BCUT2D eigenvalue weighted by Crippen LogP contribution is -2.59. The molecule has 0 spiro atoms. The Labute approximate surface area is 225 Å². The van der Waals surface area contributed by atoms with Crippen LogP contribution < -0.4 is 16.8 Å². The molecule has 0 aromatic rings. The molecule has 7 heteroatoms. The highest BCUT2D eigenvalue weighted by Gasteiger charge is 2.63. The van der Waals surface area contributed by atoms with Gasteiger partial charge in [0.1, 0.15) is 0 Å². The van der Waals surface area contributed by atoms with Crippen LogP contribution in [0.5, 0.6) is 0 Å². The Hall–Kier alpha value is -0.730. The van der Waals surface area contributed by atoms with Crippen molar-refractivity contribution in [1.82, 2.24) is 10.2 Å². The van der Waals surface area contributed by atoms with Gasteiger partial charge in [0.15, 0.2) is 0 Å². The van der Waals surface area contributed by atoms with E-state index in [2.05, 4.69) is 31.0 Å². The largest absolute Gasteiger partial charge is 0.393 e. The van der Waals surface area contributed by atoms with Gasteiger partial charge in [-0.2, -0.15) is 0 Å². The molecular weight excluding hydrogens is 464 g/mol. The Morgan fingerprint density at radius 3 is 2.46 bits per heavy atom. The number of fused-ring (bicyclic) bond motifs is 5. The lowest BCUT2D eigenvalue weighted by Gasteiger charge is -2.62. The molecule has 37 heavy (non-hydrogen) atoms. The van der Waals surface area contributed by atoms with E-state index in [4.69, 9.17) is 11.5 Å². The zero-order valence-corrected chi connectivity index (χ0v) is 23.8. The molecule has 0 aliphatic heterocycles. The summed E-state index contributed by atoms with van der Waals surface area (Å²) < 4.78 is 0. The van der Waals surface area contributed by atoms with Crippen LogP contribution in [0.4, 0.5) is 0 Å². The van der Waals surface area contributed by atoms with E-state index in [-0.39, 0.29) is 28.9 Å². The Morgan fingerprint density at radius 1 is 1.03 bits per heavy atom. The van der Waals surface area contributed by atoms with E-state index in [1.807, 2.05) is 0 Å². The quantitative estimate of drug-likeness (QED) is 0.285. The van der Waals surface area contributed by atoms with E-state index < -0.39 is 0 Å². The highest BCUT2D eigenvalue weighted by molar-refractivity contribution is 5.75. The number of carbonyl (C=O) groups is 1. The maximum absolute atomic E-state index is 12.6. The summed E-state index contributed by atoms with van der Waals surface area (Å²) in [5.74, 6) is 3.43. The number of hydrogen-bond donors (Lipinski definition) is 5. The minimum absolute atomic E-state index is 0.140. The normalized spacial score (nSPS) is 42.1. The highest BCUT2D eigenvalue weighted by atomic mass is 16.3.